The number of hydrogen-bond acceptors (Lipinski definition) is 2. The zero-order valence-corrected chi connectivity index (χ0v) is 12.3. The number of thioether (sulfide) groups is 1. The summed E-state index contributed by atoms with van der Waals surface area (Å²) in [7, 11) is 1.72. The minimum atomic E-state index is 0.722. The van der Waals surface area contributed by atoms with E-state index in [0.29, 0.717) is 0 Å². The molecule has 0 amide bonds. The fourth-order valence-corrected chi connectivity index (χ4v) is 2.77. The molecule has 90 valence electrons. The highest BCUT2D eigenvalue weighted by Crippen LogP contribution is 2.20. The van der Waals surface area contributed by atoms with Crippen LogP contribution in [0.25, 0.3) is 0 Å². The van der Waals surface area contributed by atoms with E-state index >= 15 is 0 Å². The highest BCUT2D eigenvalue weighted by atomic mass is 79.9. The molecule has 1 aromatic rings. The Bertz CT molecular complexity index is 304. The van der Waals surface area contributed by atoms with Gasteiger partial charge in [0.05, 0.1) is 7.11 Å². The van der Waals surface area contributed by atoms with Crippen molar-refractivity contribution in [2.75, 3.05) is 24.4 Å². The van der Waals surface area contributed by atoms with Crippen molar-refractivity contribution in [1.29, 1.82) is 0 Å². The van der Waals surface area contributed by atoms with Crippen molar-refractivity contribution in [3.63, 3.8) is 0 Å². The van der Waals surface area contributed by atoms with Crippen LogP contribution < -0.4 is 4.74 Å². The Morgan fingerprint density at radius 2 is 2.25 bits per heavy atom. The first-order valence-corrected chi connectivity index (χ1v) is 7.99. The maximum atomic E-state index is 5.24. The summed E-state index contributed by atoms with van der Waals surface area (Å²) >= 11 is 5.52. The number of methoxy groups -OCH3 is 1. The van der Waals surface area contributed by atoms with Crippen molar-refractivity contribution in [3.8, 4) is 5.75 Å². The lowest BCUT2D eigenvalue weighted by Crippen LogP contribution is -2.07. The molecule has 1 aromatic carbocycles. The van der Waals surface area contributed by atoms with Crippen molar-refractivity contribution in [1.82, 2.24) is 0 Å². The molecular formula is C13H19BrOS. The van der Waals surface area contributed by atoms with Crippen molar-refractivity contribution in [2.45, 2.75) is 12.8 Å². The second-order valence-electron chi connectivity index (χ2n) is 3.86. The van der Waals surface area contributed by atoms with E-state index in [4.69, 9.17) is 4.74 Å². The number of ether oxygens (including phenoxy) is 1. The SMILES string of the molecule is COc1cccc(CC(CBr)CCSC)c1. The average molecular weight is 303 g/mol. The lowest BCUT2D eigenvalue weighted by molar-refractivity contribution is 0.414. The number of alkyl halides is 1. The molecule has 3 heteroatoms. The topological polar surface area (TPSA) is 9.23 Å². The van der Waals surface area contributed by atoms with Crippen LogP contribution in [0.1, 0.15) is 12.0 Å². The smallest absolute Gasteiger partial charge is 0.119 e. The van der Waals surface area contributed by atoms with Gasteiger partial charge in [0.15, 0.2) is 0 Å². The van der Waals surface area contributed by atoms with Crippen molar-refractivity contribution >= 4 is 27.7 Å². The largest absolute Gasteiger partial charge is 0.497 e. The quantitative estimate of drug-likeness (QED) is 0.704. The molecule has 1 atom stereocenters. The Morgan fingerprint density at radius 1 is 1.44 bits per heavy atom. The molecule has 0 aliphatic rings. The van der Waals surface area contributed by atoms with E-state index in [-0.39, 0.29) is 0 Å². The first-order valence-electron chi connectivity index (χ1n) is 5.48. The maximum absolute atomic E-state index is 5.24. The summed E-state index contributed by atoms with van der Waals surface area (Å²) in [6.07, 6.45) is 4.56. The van der Waals surface area contributed by atoms with E-state index in [1.165, 1.54) is 17.7 Å². The van der Waals surface area contributed by atoms with Gasteiger partial charge < -0.3 is 4.74 Å². The predicted octanol–water partition coefficient (Wildman–Crippen LogP) is 4.00. The maximum Gasteiger partial charge on any atom is 0.119 e. The molecular weight excluding hydrogens is 284 g/mol. The van der Waals surface area contributed by atoms with Gasteiger partial charge in [-0.25, -0.2) is 0 Å². The number of hydrogen-bond donors (Lipinski definition) is 0. The minimum absolute atomic E-state index is 0.722. The number of halogens is 1. The molecule has 1 unspecified atom stereocenters. The molecule has 0 spiro atoms. The molecule has 0 heterocycles. The van der Waals surface area contributed by atoms with Crippen LogP contribution in [0.3, 0.4) is 0 Å². The number of rotatable bonds is 7. The molecule has 0 fully saturated rings. The van der Waals surface area contributed by atoms with E-state index < -0.39 is 0 Å². The van der Waals surface area contributed by atoms with Crippen LogP contribution in [0.5, 0.6) is 5.75 Å². The van der Waals surface area contributed by atoms with Crippen LogP contribution in [0.15, 0.2) is 24.3 Å². The Balaban J connectivity index is 2.55. The summed E-state index contributed by atoms with van der Waals surface area (Å²) in [6.45, 7) is 0. The molecule has 0 radical (unpaired) electrons. The zero-order chi connectivity index (χ0) is 11.8. The van der Waals surface area contributed by atoms with E-state index in [1.54, 1.807) is 7.11 Å². The lowest BCUT2D eigenvalue weighted by atomic mass is 9.99. The Labute approximate surface area is 111 Å². The monoisotopic (exact) mass is 302 g/mol. The predicted molar refractivity (Wildman–Crippen MR) is 77.0 cm³/mol. The van der Waals surface area contributed by atoms with Gasteiger partial charge >= 0.3 is 0 Å². The summed E-state index contributed by atoms with van der Waals surface area (Å²) in [5.41, 5.74) is 1.37. The second-order valence-corrected chi connectivity index (χ2v) is 5.49. The number of benzene rings is 1. The van der Waals surface area contributed by atoms with Gasteiger partial charge in [0.25, 0.3) is 0 Å². The van der Waals surface area contributed by atoms with E-state index in [9.17, 15) is 0 Å². The van der Waals surface area contributed by atoms with E-state index in [2.05, 4.69) is 40.4 Å². The van der Waals surface area contributed by atoms with Crippen molar-refractivity contribution in [2.24, 2.45) is 5.92 Å². The summed E-state index contributed by atoms with van der Waals surface area (Å²) in [5.74, 6) is 2.91. The van der Waals surface area contributed by atoms with Gasteiger partial charge in [-0.15, -0.1) is 0 Å². The third kappa shape index (κ3) is 4.79. The molecule has 0 aromatic heterocycles. The second kappa shape index (κ2) is 8.02. The summed E-state index contributed by atoms with van der Waals surface area (Å²) in [4.78, 5) is 0. The fourth-order valence-electron chi connectivity index (χ4n) is 1.65. The first-order chi connectivity index (χ1) is 7.80. The van der Waals surface area contributed by atoms with Crippen LogP contribution in [0.4, 0.5) is 0 Å². The van der Waals surface area contributed by atoms with Gasteiger partial charge in [-0.3, -0.25) is 0 Å². The van der Waals surface area contributed by atoms with Crippen LogP contribution in [-0.2, 0) is 6.42 Å². The zero-order valence-electron chi connectivity index (χ0n) is 9.91. The van der Waals surface area contributed by atoms with Gasteiger partial charge in [-0.2, -0.15) is 11.8 Å². The molecule has 0 saturated heterocycles. The standard InChI is InChI=1S/C13H19BrOS/c1-15-13-5-3-4-11(9-13)8-12(10-14)6-7-16-2/h3-5,9,12H,6-8,10H2,1-2H3. The fraction of sp³-hybridized carbons (Fsp3) is 0.538. The molecule has 0 bridgehead atoms. The molecule has 1 nitrogen and oxygen atoms in total. The Morgan fingerprint density at radius 3 is 2.88 bits per heavy atom. The third-order valence-corrected chi connectivity index (χ3v) is 4.17. The van der Waals surface area contributed by atoms with Crippen molar-refractivity contribution in [3.05, 3.63) is 29.8 Å². The minimum Gasteiger partial charge on any atom is -0.497 e. The van der Waals surface area contributed by atoms with Crippen molar-refractivity contribution < 1.29 is 4.74 Å². The Hall–Kier alpha value is -0.150. The van der Waals surface area contributed by atoms with Gasteiger partial charge in [0.1, 0.15) is 5.75 Å². The molecule has 0 N–H and O–H groups in total. The van der Waals surface area contributed by atoms with Gasteiger partial charge in [-0.05, 0) is 48.5 Å². The highest BCUT2D eigenvalue weighted by molar-refractivity contribution is 9.09. The normalized spacial score (nSPS) is 12.4. The Kier molecular flexibility index (Phi) is 6.97. The summed E-state index contributed by atoms with van der Waals surface area (Å²) < 4.78 is 5.24. The van der Waals surface area contributed by atoms with Gasteiger partial charge in [0, 0.05) is 5.33 Å². The van der Waals surface area contributed by atoms with Gasteiger partial charge in [0.2, 0.25) is 0 Å². The van der Waals surface area contributed by atoms with Gasteiger partial charge in [-0.1, -0.05) is 28.1 Å². The van der Waals surface area contributed by atoms with Crippen LogP contribution in [-0.4, -0.2) is 24.4 Å². The molecule has 0 aliphatic carbocycles. The lowest BCUT2D eigenvalue weighted by Gasteiger charge is -2.13. The first kappa shape index (κ1) is 13.9. The van der Waals surface area contributed by atoms with E-state index in [1.807, 2.05) is 17.8 Å². The molecule has 16 heavy (non-hydrogen) atoms. The molecule has 1 rings (SSSR count). The van der Waals surface area contributed by atoms with E-state index in [0.717, 1.165) is 23.4 Å². The molecule has 0 aliphatic heterocycles. The van der Waals surface area contributed by atoms with Crippen LogP contribution >= 0.6 is 27.7 Å². The summed E-state index contributed by atoms with van der Waals surface area (Å²) in [6, 6.07) is 8.37. The van der Waals surface area contributed by atoms with Crippen LogP contribution in [0.2, 0.25) is 0 Å². The highest BCUT2D eigenvalue weighted by Gasteiger charge is 2.08. The molecule has 0 saturated carbocycles. The summed E-state index contributed by atoms with van der Waals surface area (Å²) in [5, 5.41) is 1.07. The average Bonchev–Trinajstić information content (AvgIpc) is 2.34. The van der Waals surface area contributed by atoms with Crippen LogP contribution in [0, 0.1) is 5.92 Å². The third-order valence-electron chi connectivity index (χ3n) is 2.61.